The Morgan fingerprint density at radius 1 is 1.12 bits per heavy atom. The van der Waals surface area contributed by atoms with Gasteiger partial charge < -0.3 is 14.6 Å². The number of nitrogens with one attached hydrogen (secondary N) is 1. The number of nitrogens with zero attached hydrogens (tertiary/aromatic N) is 2. The summed E-state index contributed by atoms with van der Waals surface area (Å²) < 4.78 is 23.5. The van der Waals surface area contributed by atoms with Crippen molar-refractivity contribution < 1.29 is 18.4 Å². The average molecular weight is 355 g/mol. The SMILES string of the molecule is O=C(CCc1nc(-c2ccc(F)cc2)no1)NCCOc1ccccc1. The second kappa shape index (κ2) is 8.75. The molecule has 0 saturated heterocycles. The van der Waals surface area contributed by atoms with Crippen LogP contribution in [-0.4, -0.2) is 29.2 Å². The molecule has 0 saturated carbocycles. The van der Waals surface area contributed by atoms with Gasteiger partial charge >= 0.3 is 0 Å². The van der Waals surface area contributed by atoms with Crippen molar-refractivity contribution in [3.05, 3.63) is 66.3 Å². The summed E-state index contributed by atoms with van der Waals surface area (Å²) in [5.74, 6) is 1.05. The molecule has 7 heteroatoms. The summed E-state index contributed by atoms with van der Waals surface area (Å²) >= 11 is 0. The first-order valence-corrected chi connectivity index (χ1v) is 8.24. The number of hydrogen-bond acceptors (Lipinski definition) is 5. The Kier molecular flexibility index (Phi) is 5.92. The number of hydrogen-bond donors (Lipinski definition) is 1. The molecule has 134 valence electrons. The molecule has 1 amide bonds. The Labute approximate surface area is 150 Å². The van der Waals surface area contributed by atoms with Crippen LogP contribution in [0.15, 0.2) is 59.1 Å². The highest BCUT2D eigenvalue weighted by Crippen LogP contribution is 2.16. The van der Waals surface area contributed by atoms with Crippen LogP contribution < -0.4 is 10.1 Å². The summed E-state index contributed by atoms with van der Waals surface area (Å²) in [6.07, 6.45) is 0.565. The summed E-state index contributed by atoms with van der Waals surface area (Å²) in [7, 11) is 0. The van der Waals surface area contributed by atoms with Gasteiger partial charge in [-0.25, -0.2) is 4.39 Å². The van der Waals surface area contributed by atoms with E-state index in [1.165, 1.54) is 12.1 Å². The monoisotopic (exact) mass is 355 g/mol. The zero-order valence-corrected chi connectivity index (χ0v) is 14.0. The van der Waals surface area contributed by atoms with E-state index in [4.69, 9.17) is 9.26 Å². The molecule has 6 nitrogen and oxygen atoms in total. The summed E-state index contributed by atoms with van der Waals surface area (Å²) in [6.45, 7) is 0.809. The highest BCUT2D eigenvalue weighted by molar-refractivity contribution is 5.76. The van der Waals surface area contributed by atoms with Crippen molar-refractivity contribution in [2.45, 2.75) is 12.8 Å². The number of rotatable bonds is 8. The van der Waals surface area contributed by atoms with Crippen LogP contribution in [0.1, 0.15) is 12.3 Å². The number of halogens is 1. The number of carbonyl (C=O) groups is 1. The predicted molar refractivity (Wildman–Crippen MR) is 93.0 cm³/mol. The third-order valence-electron chi connectivity index (χ3n) is 3.57. The van der Waals surface area contributed by atoms with Crippen molar-refractivity contribution in [3.63, 3.8) is 0 Å². The molecule has 0 unspecified atom stereocenters. The second-order valence-corrected chi connectivity index (χ2v) is 5.53. The van der Waals surface area contributed by atoms with E-state index in [9.17, 15) is 9.18 Å². The molecule has 0 aliphatic carbocycles. The van der Waals surface area contributed by atoms with Crippen molar-refractivity contribution in [1.29, 1.82) is 0 Å². The molecule has 0 radical (unpaired) electrons. The van der Waals surface area contributed by atoms with E-state index in [0.717, 1.165) is 5.75 Å². The summed E-state index contributed by atoms with van der Waals surface area (Å²) in [5, 5.41) is 6.62. The zero-order chi connectivity index (χ0) is 18.2. The highest BCUT2D eigenvalue weighted by Gasteiger charge is 2.10. The van der Waals surface area contributed by atoms with Crippen molar-refractivity contribution in [2.24, 2.45) is 0 Å². The third-order valence-corrected chi connectivity index (χ3v) is 3.57. The Morgan fingerprint density at radius 3 is 2.65 bits per heavy atom. The number of aryl methyl sites for hydroxylation is 1. The van der Waals surface area contributed by atoms with E-state index in [1.54, 1.807) is 12.1 Å². The lowest BCUT2D eigenvalue weighted by Gasteiger charge is -2.07. The molecular weight excluding hydrogens is 337 g/mol. The van der Waals surface area contributed by atoms with Gasteiger partial charge in [-0.05, 0) is 36.4 Å². The van der Waals surface area contributed by atoms with Gasteiger partial charge in [-0.3, -0.25) is 4.79 Å². The van der Waals surface area contributed by atoms with Gasteiger partial charge in [0.25, 0.3) is 0 Å². The molecule has 0 aliphatic rings. The van der Waals surface area contributed by atoms with E-state index in [2.05, 4.69) is 15.5 Å². The van der Waals surface area contributed by atoms with Crippen LogP contribution in [0, 0.1) is 5.82 Å². The minimum absolute atomic E-state index is 0.122. The lowest BCUT2D eigenvalue weighted by molar-refractivity contribution is -0.121. The largest absolute Gasteiger partial charge is 0.492 e. The maximum atomic E-state index is 12.9. The molecule has 3 aromatic rings. The van der Waals surface area contributed by atoms with Crippen LogP contribution in [0.2, 0.25) is 0 Å². The van der Waals surface area contributed by atoms with Gasteiger partial charge in [-0.1, -0.05) is 23.4 Å². The van der Waals surface area contributed by atoms with Crippen molar-refractivity contribution in [1.82, 2.24) is 15.5 Å². The maximum Gasteiger partial charge on any atom is 0.227 e. The van der Waals surface area contributed by atoms with Gasteiger partial charge in [0.1, 0.15) is 18.2 Å². The molecule has 3 rings (SSSR count). The van der Waals surface area contributed by atoms with Gasteiger partial charge in [0.15, 0.2) is 0 Å². The molecule has 0 fully saturated rings. The fourth-order valence-corrected chi connectivity index (χ4v) is 2.26. The first-order valence-electron chi connectivity index (χ1n) is 8.24. The van der Waals surface area contributed by atoms with Gasteiger partial charge in [0, 0.05) is 18.4 Å². The van der Waals surface area contributed by atoms with Crippen LogP contribution >= 0.6 is 0 Å². The Morgan fingerprint density at radius 2 is 1.88 bits per heavy atom. The minimum Gasteiger partial charge on any atom is -0.492 e. The molecule has 0 atom stereocenters. The Bertz CT molecular complexity index is 835. The van der Waals surface area contributed by atoms with E-state index in [0.29, 0.717) is 36.9 Å². The Hall–Kier alpha value is -3.22. The van der Waals surface area contributed by atoms with Crippen LogP contribution in [0.4, 0.5) is 4.39 Å². The van der Waals surface area contributed by atoms with Gasteiger partial charge in [-0.2, -0.15) is 4.98 Å². The van der Waals surface area contributed by atoms with Crippen LogP contribution in [0.5, 0.6) is 5.75 Å². The molecule has 1 heterocycles. The predicted octanol–water partition coefficient (Wildman–Crippen LogP) is 3.00. The summed E-state index contributed by atoms with van der Waals surface area (Å²) in [6, 6.07) is 15.2. The van der Waals surface area contributed by atoms with Crippen molar-refractivity contribution in [2.75, 3.05) is 13.2 Å². The molecule has 0 spiro atoms. The molecule has 26 heavy (non-hydrogen) atoms. The normalized spacial score (nSPS) is 10.5. The lowest BCUT2D eigenvalue weighted by atomic mass is 10.2. The fourth-order valence-electron chi connectivity index (χ4n) is 2.26. The topological polar surface area (TPSA) is 77.2 Å². The fraction of sp³-hybridized carbons (Fsp3) is 0.211. The van der Waals surface area contributed by atoms with Crippen molar-refractivity contribution in [3.8, 4) is 17.1 Å². The first-order chi connectivity index (χ1) is 12.7. The standard InChI is InChI=1S/C19H18FN3O3/c20-15-8-6-14(7-9-15)19-22-18(26-23-19)11-10-17(24)21-12-13-25-16-4-2-1-3-5-16/h1-9H,10-13H2,(H,21,24). The van der Waals surface area contributed by atoms with Crippen LogP contribution in [-0.2, 0) is 11.2 Å². The lowest BCUT2D eigenvalue weighted by Crippen LogP contribution is -2.28. The van der Waals surface area contributed by atoms with E-state index in [-0.39, 0.29) is 18.1 Å². The number of amides is 1. The molecule has 1 N–H and O–H groups in total. The quantitative estimate of drug-likeness (QED) is 0.629. The van der Waals surface area contributed by atoms with Crippen molar-refractivity contribution >= 4 is 5.91 Å². The Balaban J connectivity index is 1.38. The number of carbonyl (C=O) groups excluding carboxylic acids is 1. The number of ether oxygens (including phenoxy) is 1. The highest BCUT2D eigenvalue weighted by atomic mass is 19.1. The molecular formula is C19H18FN3O3. The van der Waals surface area contributed by atoms with Crippen LogP contribution in [0.25, 0.3) is 11.4 Å². The molecule has 1 aromatic heterocycles. The number of para-hydroxylation sites is 1. The van der Waals surface area contributed by atoms with E-state index < -0.39 is 0 Å². The second-order valence-electron chi connectivity index (χ2n) is 5.53. The third kappa shape index (κ3) is 5.14. The summed E-state index contributed by atoms with van der Waals surface area (Å²) in [4.78, 5) is 16.1. The smallest absolute Gasteiger partial charge is 0.227 e. The zero-order valence-electron chi connectivity index (χ0n) is 14.0. The van der Waals surface area contributed by atoms with E-state index in [1.807, 2.05) is 30.3 Å². The number of benzene rings is 2. The minimum atomic E-state index is -0.328. The molecule has 0 aliphatic heterocycles. The first kappa shape index (κ1) is 17.6. The van der Waals surface area contributed by atoms with E-state index >= 15 is 0 Å². The average Bonchev–Trinajstić information content (AvgIpc) is 3.14. The van der Waals surface area contributed by atoms with Gasteiger partial charge in [0.2, 0.25) is 17.6 Å². The van der Waals surface area contributed by atoms with Gasteiger partial charge in [-0.15, -0.1) is 0 Å². The maximum absolute atomic E-state index is 12.9. The molecule has 2 aromatic carbocycles. The summed E-state index contributed by atoms with van der Waals surface area (Å²) in [5.41, 5.74) is 0.656. The van der Waals surface area contributed by atoms with Crippen LogP contribution in [0.3, 0.4) is 0 Å². The van der Waals surface area contributed by atoms with Gasteiger partial charge in [0.05, 0.1) is 6.54 Å². The molecule has 0 bridgehead atoms. The number of aromatic nitrogens is 2.